The Kier molecular flexibility index (Phi) is 1.83. The van der Waals surface area contributed by atoms with Crippen molar-refractivity contribution in [1.82, 2.24) is 10.2 Å². The minimum atomic E-state index is 0.267. The van der Waals surface area contributed by atoms with E-state index < -0.39 is 0 Å². The van der Waals surface area contributed by atoms with Crippen LogP contribution in [0.25, 0.3) is 0 Å². The van der Waals surface area contributed by atoms with Gasteiger partial charge in [0, 0.05) is 6.54 Å². The molecule has 3 nitrogen and oxygen atoms in total. The number of nitrogens with one attached hydrogen (secondary N) is 1. The van der Waals surface area contributed by atoms with Crippen LogP contribution in [0.4, 0.5) is 0 Å². The Balaban J connectivity index is 1.89. The van der Waals surface area contributed by atoms with E-state index in [0.717, 1.165) is 13.2 Å². The zero-order valence-electron chi connectivity index (χ0n) is 7.60. The third kappa shape index (κ3) is 1.33. The molecule has 0 aromatic carbocycles. The van der Waals surface area contributed by atoms with E-state index in [0.29, 0.717) is 12.0 Å². The van der Waals surface area contributed by atoms with Crippen LogP contribution in [0.1, 0.15) is 26.2 Å². The molecule has 0 atom stereocenters. The van der Waals surface area contributed by atoms with Gasteiger partial charge in [0.1, 0.15) is 0 Å². The molecular weight excluding hydrogens is 152 g/mol. The van der Waals surface area contributed by atoms with Crippen LogP contribution in [0, 0.1) is 5.41 Å². The number of carbonyl (C=O) groups is 1. The summed E-state index contributed by atoms with van der Waals surface area (Å²) in [6.45, 7) is 4.53. The molecule has 2 aliphatic rings. The Morgan fingerprint density at radius 2 is 2.33 bits per heavy atom. The molecule has 68 valence electrons. The van der Waals surface area contributed by atoms with Gasteiger partial charge in [-0.3, -0.25) is 10.1 Å². The lowest BCUT2D eigenvalue weighted by molar-refractivity contribution is -0.128. The number of rotatable bonds is 2. The molecule has 0 radical (unpaired) electrons. The third-order valence-corrected chi connectivity index (χ3v) is 3.06. The van der Waals surface area contributed by atoms with Crippen molar-refractivity contribution >= 4 is 5.91 Å². The first-order valence-electron chi connectivity index (χ1n) is 4.68. The number of amides is 1. The van der Waals surface area contributed by atoms with Crippen molar-refractivity contribution in [2.45, 2.75) is 26.2 Å². The first-order valence-corrected chi connectivity index (χ1v) is 4.68. The monoisotopic (exact) mass is 168 g/mol. The predicted octanol–water partition coefficient (Wildman–Crippen LogP) is 0.566. The van der Waals surface area contributed by atoms with Crippen molar-refractivity contribution in [3.05, 3.63) is 0 Å². The van der Waals surface area contributed by atoms with Crippen LogP contribution < -0.4 is 5.32 Å². The van der Waals surface area contributed by atoms with Gasteiger partial charge in [-0.25, -0.2) is 0 Å². The Hall–Kier alpha value is -0.570. The second-order valence-electron chi connectivity index (χ2n) is 4.34. The molecule has 2 rings (SSSR count). The van der Waals surface area contributed by atoms with Gasteiger partial charge in [0.25, 0.3) is 0 Å². The third-order valence-electron chi connectivity index (χ3n) is 3.06. The first-order chi connectivity index (χ1) is 5.70. The number of hydrogen-bond donors (Lipinski definition) is 1. The zero-order chi connectivity index (χ0) is 8.60. The van der Waals surface area contributed by atoms with E-state index in [2.05, 4.69) is 12.2 Å². The summed E-state index contributed by atoms with van der Waals surface area (Å²) >= 11 is 0. The molecule has 1 aliphatic carbocycles. The highest BCUT2D eigenvalue weighted by Gasteiger charge is 2.35. The van der Waals surface area contributed by atoms with Crippen LogP contribution in [0.3, 0.4) is 0 Å². The van der Waals surface area contributed by atoms with E-state index in [1.807, 2.05) is 4.90 Å². The maximum atomic E-state index is 11.3. The summed E-state index contributed by atoms with van der Waals surface area (Å²) in [5.74, 6) is 0.267. The summed E-state index contributed by atoms with van der Waals surface area (Å²) < 4.78 is 0. The smallest absolute Gasteiger partial charge is 0.237 e. The molecule has 1 aliphatic heterocycles. The van der Waals surface area contributed by atoms with E-state index in [1.54, 1.807) is 0 Å². The molecule has 12 heavy (non-hydrogen) atoms. The van der Waals surface area contributed by atoms with E-state index in [4.69, 9.17) is 0 Å². The lowest BCUT2D eigenvalue weighted by Crippen LogP contribution is -2.41. The molecule has 1 heterocycles. The fourth-order valence-electron chi connectivity index (χ4n) is 2.04. The lowest BCUT2D eigenvalue weighted by atomic mass is 9.70. The maximum Gasteiger partial charge on any atom is 0.237 e. The number of carbonyl (C=O) groups excluding carboxylic acids is 1. The first kappa shape index (κ1) is 8.05. The molecule has 3 heteroatoms. The van der Waals surface area contributed by atoms with Gasteiger partial charge in [0.15, 0.2) is 0 Å². The van der Waals surface area contributed by atoms with Gasteiger partial charge >= 0.3 is 0 Å². The Morgan fingerprint density at radius 3 is 2.75 bits per heavy atom. The van der Waals surface area contributed by atoms with Crippen molar-refractivity contribution in [2.24, 2.45) is 5.41 Å². The maximum absolute atomic E-state index is 11.3. The van der Waals surface area contributed by atoms with Crippen LogP contribution in [0.15, 0.2) is 0 Å². The van der Waals surface area contributed by atoms with Gasteiger partial charge in [-0.1, -0.05) is 13.3 Å². The van der Waals surface area contributed by atoms with Crippen molar-refractivity contribution in [1.29, 1.82) is 0 Å². The highest BCUT2D eigenvalue weighted by Crippen LogP contribution is 2.40. The van der Waals surface area contributed by atoms with E-state index >= 15 is 0 Å². The predicted molar refractivity (Wildman–Crippen MR) is 46.5 cm³/mol. The highest BCUT2D eigenvalue weighted by molar-refractivity contribution is 5.80. The SMILES string of the molecule is CC1(CN2CNCC2=O)CCC1. The zero-order valence-corrected chi connectivity index (χ0v) is 7.60. The average Bonchev–Trinajstić information content (AvgIpc) is 2.34. The van der Waals surface area contributed by atoms with Gasteiger partial charge in [-0.05, 0) is 18.3 Å². The fourth-order valence-corrected chi connectivity index (χ4v) is 2.04. The molecule has 2 fully saturated rings. The molecule has 0 unspecified atom stereocenters. The van der Waals surface area contributed by atoms with Crippen LogP contribution in [0.5, 0.6) is 0 Å². The number of nitrogens with zero attached hydrogens (tertiary/aromatic N) is 1. The van der Waals surface area contributed by atoms with Crippen molar-refractivity contribution in [2.75, 3.05) is 19.8 Å². The van der Waals surface area contributed by atoms with E-state index in [1.165, 1.54) is 19.3 Å². The molecule has 1 amide bonds. The topological polar surface area (TPSA) is 32.3 Å². The largest absolute Gasteiger partial charge is 0.328 e. The van der Waals surface area contributed by atoms with Crippen LogP contribution in [-0.2, 0) is 4.79 Å². The Labute approximate surface area is 73.1 Å². The summed E-state index contributed by atoms with van der Waals surface area (Å²) in [5.41, 5.74) is 0.432. The minimum Gasteiger partial charge on any atom is -0.328 e. The second kappa shape index (κ2) is 2.73. The average molecular weight is 168 g/mol. The van der Waals surface area contributed by atoms with E-state index in [9.17, 15) is 4.79 Å². The van der Waals surface area contributed by atoms with Gasteiger partial charge in [-0.15, -0.1) is 0 Å². The van der Waals surface area contributed by atoms with Gasteiger partial charge in [-0.2, -0.15) is 0 Å². The van der Waals surface area contributed by atoms with Crippen molar-refractivity contribution in [3.63, 3.8) is 0 Å². The molecular formula is C9H16N2O. The normalized spacial score (nSPS) is 27.4. The molecule has 0 aromatic heterocycles. The summed E-state index contributed by atoms with van der Waals surface area (Å²) in [4.78, 5) is 13.2. The summed E-state index contributed by atoms with van der Waals surface area (Å²) in [6.07, 6.45) is 3.92. The second-order valence-corrected chi connectivity index (χ2v) is 4.34. The highest BCUT2D eigenvalue weighted by atomic mass is 16.2. The van der Waals surface area contributed by atoms with E-state index in [-0.39, 0.29) is 5.91 Å². The standard InChI is InChI=1S/C9H16N2O/c1-9(3-2-4-9)6-11-7-10-5-8(11)12/h10H,2-7H2,1H3. The Bertz CT molecular complexity index is 199. The Morgan fingerprint density at radius 1 is 1.58 bits per heavy atom. The fraction of sp³-hybridized carbons (Fsp3) is 0.889. The minimum absolute atomic E-state index is 0.267. The van der Waals surface area contributed by atoms with Gasteiger partial charge in [0.2, 0.25) is 5.91 Å². The van der Waals surface area contributed by atoms with Gasteiger partial charge in [0.05, 0.1) is 13.2 Å². The molecule has 0 bridgehead atoms. The number of hydrogen-bond acceptors (Lipinski definition) is 2. The van der Waals surface area contributed by atoms with Crippen LogP contribution >= 0.6 is 0 Å². The van der Waals surface area contributed by atoms with Gasteiger partial charge < -0.3 is 4.90 Å². The van der Waals surface area contributed by atoms with Crippen LogP contribution in [-0.4, -0.2) is 30.6 Å². The molecule has 1 saturated carbocycles. The lowest BCUT2D eigenvalue weighted by Gasteiger charge is -2.40. The molecule has 1 N–H and O–H groups in total. The summed E-state index contributed by atoms with van der Waals surface area (Å²) in [5, 5.41) is 3.07. The molecule has 1 saturated heterocycles. The molecule has 0 spiro atoms. The summed E-state index contributed by atoms with van der Waals surface area (Å²) in [6, 6.07) is 0. The quantitative estimate of drug-likeness (QED) is 0.653. The summed E-state index contributed by atoms with van der Waals surface area (Å²) in [7, 11) is 0. The molecule has 0 aromatic rings. The van der Waals surface area contributed by atoms with Crippen molar-refractivity contribution in [3.8, 4) is 0 Å². The van der Waals surface area contributed by atoms with Crippen molar-refractivity contribution < 1.29 is 4.79 Å². The van der Waals surface area contributed by atoms with Crippen LogP contribution in [0.2, 0.25) is 0 Å².